The topological polar surface area (TPSA) is 256 Å². The van der Waals surface area contributed by atoms with Gasteiger partial charge in [-0.3, -0.25) is 18.1 Å². The van der Waals surface area contributed by atoms with E-state index in [2.05, 4.69) is 111 Å². The van der Waals surface area contributed by atoms with E-state index in [4.69, 9.17) is 58.9 Å². The maximum atomic E-state index is 14.8. The first kappa shape index (κ1) is 49.3. The molecule has 0 spiro atoms. The minimum Gasteiger partial charge on any atom is -0.408 e. The summed E-state index contributed by atoms with van der Waals surface area (Å²) < 4.78 is 71.7. The van der Waals surface area contributed by atoms with Crippen LogP contribution in [0.4, 0.5) is 17.6 Å². The number of aryl methyl sites for hydroxylation is 1. The molecule has 0 aliphatic carbocycles. The zero-order valence-electron chi connectivity index (χ0n) is 38.3. The van der Waals surface area contributed by atoms with Crippen molar-refractivity contribution in [1.29, 1.82) is 0 Å². The lowest BCUT2D eigenvalue weighted by atomic mass is 10.1. The molecule has 3 saturated heterocycles. The van der Waals surface area contributed by atoms with Crippen LogP contribution in [0.1, 0.15) is 66.0 Å². The number of rotatable bonds is 9. The van der Waals surface area contributed by atoms with Crippen molar-refractivity contribution in [1.82, 2.24) is 34.1 Å². The fraction of sp³-hybridized carbons (Fsp3) is 0.711. The Balaban J connectivity index is 1.21. The minimum atomic E-state index is -4.38. The first-order chi connectivity index (χ1) is 30.3. The highest BCUT2D eigenvalue weighted by Gasteiger charge is 2.57. The van der Waals surface area contributed by atoms with E-state index < -0.39 is 85.8 Å². The molecule has 2 unspecified atom stereocenters. The number of nitrogen functional groups attached to an aromatic ring is 1. The van der Waals surface area contributed by atoms with Crippen molar-refractivity contribution in [2.75, 3.05) is 49.3 Å². The van der Waals surface area contributed by atoms with Crippen molar-refractivity contribution in [3.05, 3.63) is 24.4 Å². The van der Waals surface area contributed by atoms with Crippen LogP contribution in [0.15, 0.2) is 18.9 Å². The van der Waals surface area contributed by atoms with Gasteiger partial charge >= 0.3 is 13.5 Å². The van der Waals surface area contributed by atoms with Crippen LogP contribution < -0.4 is 16.4 Å². The molecule has 0 saturated carbocycles. The zero-order chi connectivity index (χ0) is 47.1. The number of nitrogens with two attached hydrogens (primary N) is 1. The normalized spacial score (nSPS) is 31.8. The second kappa shape index (κ2) is 18.0. The number of nitrogens with zero attached hydrogens (tertiary/aromatic N) is 7. The van der Waals surface area contributed by atoms with E-state index >= 15 is 0 Å². The molecule has 8 rings (SSSR count). The van der Waals surface area contributed by atoms with Crippen LogP contribution in [-0.4, -0.2) is 130 Å². The van der Waals surface area contributed by atoms with Crippen LogP contribution in [0.2, 0.25) is 36.3 Å². The van der Waals surface area contributed by atoms with Gasteiger partial charge in [0.25, 0.3) is 0 Å². The van der Waals surface area contributed by atoms with E-state index in [0.29, 0.717) is 5.65 Å². The summed E-state index contributed by atoms with van der Waals surface area (Å²) in [5.41, 5.74) is 8.49. The molecule has 0 amide bonds. The number of aliphatic hydroxyl groups is 1. The van der Waals surface area contributed by atoms with E-state index in [1.54, 1.807) is 4.57 Å². The molecule has 4 aliphatic rings. The molecule has 3 fully saturated rings. The molecule has 10 atom stereocenters. The zero-order valence-corrected chi connectivity index (χ0v) is 43.8. The molecule has 0 radical (unpaired) electrons. The van der Waals surface area contributed by atoms with Crippen molar-refractivity contribution in [3.8, 4) is 0 Å². The first-order valence-electron chi connectivity index (χ1n) is 21.7. The largest absolute Gasteiger partial charge is 0.408 e. The Kier molecular flexibility index (Phi) is 13.6. The summed E-state index contributed by atoms with van der Waals surface area (Å²) in [6, 6.07) is 0. The van der Waals surface area contributed by atoms with Gasteiger partial charge in [0.15, 0.2) is 40.6 Å². The minimum absolute atomic E-state index is 0.0687. The van der Waals surface area contributed by atoms with Gasteiger partial charge in [-0.25, -0.2) is 19.5 Å². The molecule has 2 bridgehead atoms. The summed E-state index contributed by atoms with van der Waals surface area (Å²) in [5, 5.41) is 16.1. The number of hydrogen-bond acceptors (Lipinski definition) is 19. The molecule has 4 aromatic rings. The molecular weight excluding hydrogens is 955 g/mol. The Bertz CT molecular complexity index is 2510. The number of anilines is 3. The van der Waals surface area contributed by atoms with Gasteiger partial charge in [0.05, 0.1) is 31.5 Å². The molecule has 4 aliphatic heterocycles. The molecule has 8 heterocycles. The summed E-state index contributed by atoms with van der Waals surface area (Å²) in [5.74, 6) is 0.926. The number of aliphatic hydroxyl groups excluding tert-OH is 1. The Morgan fingerprint density at radius 3 is 2.31 bits per heavy atom. The third-order valence-corrected chi connectivity index (χ3v) is 25.5. The quantitative estimate of drug-likeness (QED) is 0.0614. The van der Waals surface area contributed by atoms with Crippen LogP contribution in [0, 0.1) is 0 Å². The number of aromatic nitrogens is 7. The Labute approximate surface area is 390 Å². The van der Waals surface area contributed by atoms with Crippen molar-refractivity contribution in [3.63, 3.8) is 0 Å². The Morgan fingerprint density at radius 1 is 0.938 bits per heavy atom. The number of thiol groups is 1. The molecule has 27 heteroatoms. The van der Waals surface area contributed by atoms with Gasteiger partial charge in [-0.1, -0.05) is 53.8 Å². The maximum absolute atomic E-state index is 14.8. The van der Waals surface area contributed by atoms with E-state index in [1.165, 1.54) is 12.7 Å². The van der Waals surface area contributed by atoms with Crippen LogP contribution >= 0.6 is 25.8 Å². The maximum Gasteiger partial charge on any atom is 0.386 e. The molecule has 0 aromatic carbocycles. The first-order valence-corrected chi connectivity index (χ1v) is 32.8. The lowest BCUT2D eigenvalue weighted by Crippen LogP contribution is -2.50. The van der Waals surface area contributed by atoms with Gasteiger partial charge in [0.1, 0.15) is 59.9 Å². The molecule has 360 valence electrons. The number of hydrogen-bond donors (Lipinski definition) is 6. The number of fused-ring (bicyclic) bond motifs is 4. The van der Waals surface area contributed by atoms with Crippen molar-refractivity contribution >= 4 is 94.0 Å². The molecule has 4 aromatic heterocycles. The smallest absolute Gasteiger partial charge is 0.386 e. The van der Waals surface area contributed by atoms with E-state index in [0.717, 1.165) is 36.2 Å². The van der Waals surface area contributed by atoms with E-state index in [-0.39, 0.29) is 52.8 Å². The SMILES string of the molecule is CC(C)(C)[Si](C)(C)O[C@@H]1[C@@H]2OP(O)(=S)OC[C@H]3O[C@@H](n4cnc5c(N)nc(NCCO)nc54)[C@H](OP(=O)(S)OC[C@H]2O[C@H]1n1cc2c4c(ncnc41)NCCC2)[C@@H]3O[Si](C)(C)C(C)(C)C. The van der Waals surface area contributed by atoms with Crippen LogP contribution in [0.5, 0.6) is 0 Å². The number of imidazole rings is 1. The molecule has 21 nitrogen and oxygen atoms in total. The van der Waals surface area contributed by atoms with E-state index in [1.807, 2.05) is 10.8 Å². The molecular formula is C38H62N10O11P2S2Si2. The fourth-order valence-corrected chi connectivity index (χ4v) is 13.4. The standard InChI is InChI=1S/C38H62N10O11P2S2Si2/c1-37(2,3)64(7,8)58-27-23-18-53-60(50,62)56-26-22(17-52-61(51,63)57-28(27)34(55-23)48-20-44-25-30(39)45-36(41-14-15-49)46-33(25)48)54-35(29(26)59-65(9,10)38(4,5)6)47-16-21-12-11-13-40-31-24(21)32(47)43-19-42-31/h16,19-20,22-23,26-29,34-35,49H,11-15,17-18H2,1-10H3,(H,50,62)(H,51,63)(H,40,42,43)(H3,39,41,45,46)/t22-,23-,26-,27-,28-,29-,34-,35-,60?,61?/m1/s1. The predicted octanol–water partition coefficient (Wildman–Crippen LogP) is 6.26. The Morgan fingerprint density at radius 2 is 1.62 bits per heavy atom. The third kappa shape index (κ3) is 9.86. The third-order valence-electron chi connectivity index (χ3n) is 13.4. The van der Waals surface area contributed by atoms with Gasteiger partial charge < -0.3 is 53.8 Å². The lowest BCUT2D eigenvalue weighted by Gasteiger charge is -2.41. The molecule has 65 heavy (non-hydrogen) atoms. The van der Waals surface area contributed by atoms with Gasteiger partial charge in [-0.2, -0.15) is 9.97 Å². The highest BCUT2D eigenvalue weighted by atomic mass is 32.7. The summed E-state index contributed by atoms with van der Waals surface area (Å²) in [7, 11) is -5.33. The lowest BCUT2D eigenvalue weighted by molar-refractivity contribution is -0.0585. The van der Waals surface area contributed by atoms with Crippen molar-refractivity contribution < 1.29 is 51.0 Å². The number of ether oxygens (including phenoxy) is 2. The van der Waals surface area contributed by atoms with Crippen LogP contribution in [-0.2, 0) is 59.2 Å². The summed E-state index contributed by atoms with van der Waals surface area (Å²) in [4.78, 5) is 34.8. The van der Waals surface area contributed by atoms with Crippen molar-refractivity contribution in [2.24, 2.45) is 0 Å². The van der Waals surface area contributed by atoms with Gasteiger partial charge in [0, 0.05) is 19.3 Å². The Hall–Kier alpha value is -2.17. The van der Waals surface area contributed by atoms with E-state index in [9.17, 15) is 14.6 Å². The summed E-state index contributed by atoms with van der Waals surface area (Å²) in [6.45, 7) is 12.4. The van der Waals surface area contributed by atoms with Crippen LogP contribution in [0.25, 0.3) is 22.2 Å². The van der Waals surface area contributed by atoms with Gasteiger partial charge in [-0.15, -0.1) is 0 Å². The summed E-state index contributed by atoms with van der Waals surface area (Å²) in [6.07, 6.45) is -1.62. The number of nitrogens with one attached hydrogen (secondary N) is 2. The molecule has 6 N–H and O–H groups in total. The van der Waals surface area contributed by atoms with Crippen molar-refractivity contribution in [2.45, 2.75) is 140 Å². The highest BCUT2D eigenvalue weighted by molar-refractivity contribution is 8.44. The second-order valence-corrected chi connectivity index (χ2v) is 35.1. The fourth-order valence-electron chi connectivity index (χ4n) is 7.91. The second-order valence-electron chi connectivity index (χ2n) is 19.9. The summed E-state index contributed by atoms with van der Waals surface area (Å²) >= 11 is 10.4. The average Bonchev–Trinajstić information content (AvgIpc) is 3.92. The highest BCUT2D eigenvalue weighted by Crippen LogP contribution is 2.60. The predicted molar refractivity (Wildman–Crippen MR) is 256 cm³/mol. The van der Waals surface area contributed by atoms with Gasteiger partial charge in [-0.05, 0) is 66.5 Å². The monoisotopic (exact) mass is 1020 g/mol. The average molecular weight is 1020 g/mol. The van der Waals surface area contributed by atoms with Gasteiger partial charge in [0.2, 0.25) is 5.95 Å². The van der Waals surface area contributed by atoms with Crippen LogP contribution in [0.3, 0.4) is 0 Å².